The number of hydrogen-bond donors (Lipinski definition) is 0. The van der Waals surface area contributed by atoms with Crippen molar-refractivity contribution in [2.75, 3.05) is 0 Å². The molecule has 0 atom stereocenters. The van der Waals surface area contributed by atoms with Crippen molar-refractivity contribution in [3.8, 4) is 17.1 Å². The first-order valence-electron chi connectivity index (χ1n) is 41.7. The standard InChI is InChI=1S/3C37H21N3S/c1-2-10-22(11-3-1)39-31-15-7-4-12-23(31)26-19-34-27(20-33(26)39)25-21-36-28(24-13-5-9-17-35(24)41-36)18-29(25)37-38-30-14-6-8-16-32(30)40(34)37;1-2-10-22(11-3-1)39-31-15-7-4-12-23(31)26-18-27-25-20-36-28(24-13-5-9-17-35(24)41-36)19-29(25)37-38-30-14-6-8-16-32(30)40(37)34(27)21-33(26)39;1-2-10-22(11-3-1)39-29-15-7-4-12-23(29)26-20-32-27(21-31(26)39)24-18-19-34-35(25-13-5-9-17-33(25)41-34)36(24)37-38-28-14-6-8-16-30(28)40(32)37/h3*1-21H. The maximum absolute atomic E-state index is 5.29. The van der Waals surface area contributed by atoms with Gasteiger partial charge in [-0.2, -0.15) is 0 Å². The maximum atomic E-state index is 5.29. The first kappa shape index (κ1) is 67.3. The summed E-state index contributed by atoms with van der Waals surface area (Å²) in [5.74, 6) is 0. The fourth-order valence-electron chi connectivity index (χ4n) is 20.7. The number of benzene rings is 18. The van der Waals surface area contributed by atoms with Crippen LogP contribution in [0.4, 0.5) is 0 Å². The Morgan fingerprint density at radius 3 is 0.927 bits per heavy atom. The highest BCUT2D eigenvalue weighted by Crippen LogP contribution is 2.49. The van der Waals surface area contributed by atoms with Gasteiger partial charge in [0.2, 0.25) is 0 Å². The smallest absolute Gasteiger partial charge is 0.147 e. The van der Waals surface area contributed by atoms with Crippen molar-refractivity contribution in [2.45, 2.75) is 0 Å². The van der Waals surface area contributed by atoms with Gasteiger partial charge in [0.15, 0.2) is 0 Å². The molecule has 12 heteroatoms. The lowest BCUT2D eigenvalue weighted by Crippen LogP contribution is -1.95. The van der Waals surface area contributed by atoms with Crippen LogP contribution >= 0.6 is 34.0 Å². The zero-order chi connectivity index (χ0) is 80.0. The van der Waals surface area contributed by atoms with Gasteiger partial charge in [-0.1, -0.05) is 206 Å². The van der Waals surface area contributed by atoms with Crippen LogP contribution in [0.5, 0.6) is 0 Å². The third-order valence-corrected chi connectivity index (χ3v) is 29.4. The Morgan fingerprint density at radius 1 is 0.154 bits per heavy atom. The van der Waals surface area contributed by atoms with Crippen LogP contribution in [0.25, 0.3) is 258 Å². The number of para-hydroxylation sites is 12. The fourth-order valence-corrected chi connectivity index (χ4v) is 24.1. The fraction of sp³-hybridized carbons (Fsp3) is 0. The summed E-state index contributed by atoms with van der Waals surface area (Å²) in [5, 5.41) is 26.4. The lowest BCUT2D eigenvalue weighted by Gasteiger charge is -2.12. The summed E-state index contributed by atoms with van der Waals surface area (Å²) < 4.78 is 22.2. The average Bonchev–Trinajstić information content (AvgIpc) is 1.56. The maximum Gasteiger partial charge on any atom is 0.147 e. The van der Waals surface area contributed by atoms with Gasteiger partial charge in [-0.15, -0.1) is 34.0 Å². The zero-order valence-corrected chi connectivity index (χ0v) is 68.1. The quantitative estimate of drug-likeness (QED) is 0.166. The van der Waals surface area contributed by atoms with Gasteiger partial charge in [-0.05, 0) is 192 Å². The van der Waals surface area contributed by atoms with Crippen LogP contribution in [0.3, 0.4) is 0 Å². The van der Waals surface area contributed by atoms with Gasteiger partial charge in [0.05, 0.1) is 82.8 Å². The second-order valence-electron chi connectivity index (χ2n) is 32.4. The van der Waals surface area contributed by atoms with Crippen LogP contribution in [0.1, 0.15) is 0 Å². The minimum absolute atomic E-state index is 1.01. The Balaban J connectivity index is 0.0000000946. The van der Waals surface area contributed by atoms with Gasteiger partial charge < -0.3 is 13.7 Å². The van der Waals surface area contributed by atoms with Crippen LogP contribution < -0.4 is 0 Å². The Labute approximate surface area is 710 Å². The highest BCUT2D eigenvalue weighted by Gasteiger charge is 2.26. The molecule has 0 bridgehead atoms. The summed E-state index contributed by atoms with van der Waals surface area (Å²) in [6, 6.07) is 139. The largest absolute Gasteiger partial charge is 0.309 e. The normalized spacial score (nSPS) is 12.4. The summed E-state index contributed by atoms with van der Waals surface area (Å²) in [7, 11) is 0. The van der Waals surface area contributed by atoms with E-state index < -0.39 is 0 Å². The lowest BCUT2D eigenvalue weighted by atomic mass is 10.00. The molecule has 12 aromatic heterocycles. The second kappa shape index (κ2) is 25.5. The third-order valence-electron chi connectivity index (χ3n) is 26.0. The molecule has 0 saturated carbocycles. The lowest BCUT2D eigenvalue weighted by molar-refractivity contribution is 1.18. The van der Waals surface area contributed by atoms with Crippen molar-refractivity contribution in [2.24, 2.45) is 0 Å². The van der Waals surface area contributed by atoms with Crippen LogP contribution in [-0.2, 0) is 0 Å². The third kappa shape index (κ3) is 9.56. The van der Waals surface area contributed by atoms with Crippen molar-refractivity contribution in [1.29, 1.82) is 0 Å². The summed E-state index contributed by atoms with van der Waals surface area (Å²) in [6.07, 6.45) is 0. The van der Waals surface area contributed by atoms with Gasteiger partial charge in [0, 0.05) is 142 Å². The first-order valence-corrected chi connectivity index (χ1v) is 44.2. The summed E-state index contributed by atoms with van der Waals surface area (Å²) >= 11 is 5.60. The van der Waals surface area contributed by atoms with Crippen LogP contribution in [0, 0.1) is 0 Å². The van der Waals surface area contributed by atoms with Crippen LogP contribution in [0.2, 0.25) is 0 Å². The topological polar surface area (TPSA) is 66.7 Å². The minimum Gasteiger partial charge on any atom is -0.309 e. The van der Waals surface area contributed by atoms with Crippen LogP contribution in [0.15, 0.2) is 382 Å². The minimum atomic E-state index is 1.01. The molecular weight excluding hydrogens is 1560 g/mol. The van der Waals surface area contributed by atoms with E-state index in [0.717, 1.165) is 55.7 Å². The van der Waals surface area contributed by atoms with Gasteiger partial charge in [-0.3, -0.25) is 13.2 Å². The van der Waals surface area contributed by atoms with Crippen LogP contribution in [-0.4, -0.2) is 41.9 Å². The number of rotatable bonds is 3. The Hall–Kier alpha value is -15.6. The number of thiophene rings is 3. The van der Waals surface area contributed by atoms with Crippen molar-refractivity contribution < 1.29 is 0 Å². The molecule has 0 saturated heterocycles. The number of aromatic nitrogens is 9. The molecule has 0 fully saturated rings. The molecule has 123 heavy (non-hydrogen) atoms. The SMILES string of the molecule is c1ccc(-n2c3ccccc3c3cc4c(cc32)c2cc3sc5ccccc5c3cc2c2nc3ccccc3n42)cc1.c1ccc(-n2c3ccccc3c3cc4c(cc32)c2ccc3sc5ccccc5c3c2c2nc3ccccc3n42)cc1.c1ccc(-n2c3ccccc3c3cc4c5cc6sc7ccccc7c6cc5c5nc6ccccc6n5c4cc32)cc1. The van der Waals surface area contributed by atoms with E-state index in [-0.39, 0.29) is 0 Å². The number of nitrogens with zero attached hydrogens (tertiary/aromatic N) is 9. The van der Waals surface area contributed by atoms with E-state index in [1.165, 1.54) is 202 Å². The van der Waals surface area contributed by atoms with E-state index in [4.69, 9.17) is 15.0 Å². The Bertz CT molecular complexity index is 9860. The monoisotopic (exact) mass is 1620 g/mol. The molecule has 570 valence electrons. The second-order valence-corrected chi connectivity index (χ2v) is 35.7. The molecule has 0 unspecified atom stereocenters. The molecule has 0 amide bonds. The van der Waals surface area contributed by atoms with Gasteiger partial charge in [-0.25, -0.2) is 15.0 Å². The number of hydrogen-bond acceptors (Lipinski definition) is 6. The molecule has 0 N–H and O–H groups in total. The molecule has 18 aromatic carbocycles. The van der Waals surface area contributed by atoms with E-state index in [1.54, 1.807) is 0 Å². The molecule has 0 aliphatic heterocycles. The molecule has 0 aliphatic carbocycles. The summed E-state index contributed by atoms with van der Waals surface area (Å²) in [6.45, 7) is 0. The molecule has 9 nitrogen and oxygen atoms in total. The molecular formula is C111H63N9S3. The van der Waals surface area contributed by atoms with E-state index in [2.05, 4.69) is 409 Å². The molecule has 0 aliphatic rings. The summed E-state index contributed by atoms with van der Waals surface area (Å²) in [5.41, 5.74) is 23.8. The zero-order valence-electron chi connectivity index (χ0n) is 65.6. The van der Waals surface area contributed by atoms with Crippen molar-refractivity contribution >= 4 is 275 Å². The summed E-state index contributed by atoms with van der Waals surface area (Å²) in [4.78, 5) is 15.7. The molecule has 0 spiro atoms. The first-order chi connectivity index (χ1) is 61.0. The van der Waals surface area contributed by atoms with Gasteiger partial charge in [0.1, 0.15) is 16.9 Å². The van der Waals surface area contributed by atoms with Crippen molar-refractivity contribution in [1.82, 2.24) is 41.9 Å². The molecule has 30 rings (SSSR count). The highest BCUT2D eigenvalue weighted by molar-refractivity contribution is 7.26. The van der Waals surface area contributed by atoms with Crippen molar-refractivity contribution in [3.05, 3.63) is 382 Å². The molecule has 30 aromatic rings. The molecule has 12 heterocycles. The van der Waals surface area contributed by atoms with E-state index in [1.807, 2.05) is 34.0 Å². The predicted octanol–water partition coefficient (Wildman–Crippen LogP) is 30.8. The van der Waals surface area contributed by atoms with Gasteiger partial charge in [0.25, 0.3) is 0 Å². The predicted molar refractivity (Wildman–Crippen MR) is 525 cm³/mol. The Kier molecular flexibility index (Phi) is 14.0. The molecule has 0 radical (unpaired) electrons. The number of pyridine rings is 3. The van der Waals surface area contributed by atoms with E-state index in [9.17, 15) is 0 Å². The number of fused-ring (bicyclic) bond motifs is 43. The number of imidazole rings is 3. The van der Waals surface area contributed by atoms with Crippen molar-refractivity contribution in [3.63, 3.8) is 0 Å². The van der Waals surface area contributed by atoms with Gasteiger partial charge >= 0.3 is 0 Å². The Morgan fingerprint density at radius 2 is 0.463 bits per heavy atom. The van der Waals surface area contributed by atoms with E-state index >= 15 is 0 Å². The average molecular weight is 1620 g/mol. The highest BCUT2D eigenvalue weighted by atomic mass is 32.1. The van der Waals surface area contributed by atoms with E-state index in [0.29, 0.717) is 0 Å².